The average molecular weight is 1480 g/mol. The summed E-state index contributed by atoms with van der Waals surface area (Å²) in [5.74, 6) is -24.7. The van der Waals surface area contributed by atoms with Crippen LogP contribution >= 0.6 is 0 Å². The lowest BCUT2D eigenvalue weighted by Crippen LogP contribution is -2.60. The van der Waals surface area contributed by atoms with E-state index >= 15 is 0 Å². The molecule has 0 aliphatic carbocycles. The highest BCUT2D eigenvalue weighted by molar-refractivity contribution is 6.01. The van der Waals surface area contributed by atoms with Crippen molar-refractivity contribution in [2.45, 2.75) is 177 Å². The number of carbonyl (C=O) groups is 18. The van der Waals surface area contributed by atoms with Crippen molar-refractivity contribution < 1.29 is 112 Å². The summed E-state index contributed by atoms with van der Waals surface area (Å²) in [6.07, 6.45) is -8.02. The molecule has 580 valence electrons. The molecular formula is C58H95N23O23. The number of aliphatic hydroxyl groups excluding tert-OH is 1. The molecule has 0 aromatic rings. The molecule has 0 spiro atoms. The van der Waals surface area contributed by atoms with Gasteiger partial charge in [-0.05, 0) is 77.0 Å². The number of guanidine groups is 3. The summed E-state index contributed by atoms with van der Waals surface area (Å²) in [6.45, 7) is -0.439. The number of nitrogens with one attached hydrogen (secondary N) is 13. The van der Waals surface area contributed by atoms with Crippen LogP contribution in [0.1, 0.15) is 111 Å². The minimum absolute atomic E-state index is 0.0320. The van der Waals surface area contributed by atoms with Crippen LogP contribution in [0.3, 0.4) is 0 Å². The number of aliphatic carboxylic acids is 4. The van der Waals surface area contributed by atoms with Gasteiger partial charge in [-0.25, -0.2) is 0 Å². The molecule has 30 N–H and O–H groups in total. The van der Waals surface area contributed by atoms with Crippen LogP contribution in [-0.4, -0.2) is 274 Å². The number of fused-ring (bicyclic) bond motifs is 1. The molecule has 2 aliphatic rings. The summed E-state index contributed by atoms with van der Waals surface area (Å²) in [7, 11) is 0. The quantitative estimate of drug-likeness (QED) is 0.0242. The number of nitrogens with zero attached hydrogens (tertiary/aromatic N) is 4. The van der Waals surface area contributed by atoms with Crippen LogP contribution in [0.15, 0.2) is 15.0 Å². The maximum absolute atomic E-state index is 14.5. The molecule has 0 radical (unpaired) electrons. The fraction of sp³-hybridized carbons (Fsp3) is 0.638. The summed E-state index contributed by atoms with van der Waals surface area (Å²) >= 11 is 0. The number of hydrogen-bond donors (Lipinski definition) is 24. The van der Waals surface area contributed by atoms with E-state index in [0.717, 1.165) is 11.8 Å². The molecule has 0 aromatic heterocycles. The number of carboxylic acids is 4. The Kier molecular flexibility index (Phi) is 38.4. The molecule has 2 saturated heterocycles. The van der Waals surface area contributed by atoms with E-state index < -0.39 is 237 Å². The van der Waals surface area contributed by atoms with Crippen LogP contribution in [0.5, 0.6) is 0 Å². The molecule has 46 nitrogen and oxygen atoms in total. The fourth-order valence-corrected chi connectivity index (χ4v) is 10.1. The van der Waals surface area contributed by atoms with Gasteiger partial charge in [-0.3, -0.25) is 101 Å². The minimum atomic E-state index is -2.04. The zero-order valence-electron chi connectivity index (χ0n) is 57.3. The first-order chi connectivity index (χ1) is 48.8. The fourth-order valence-electron chi connectivity index (χ4n) is 10.1. The molecule has 2 aliphatic heterocycles. The van der Waals surface area contributed by atoms with Crippen LogP contribution in [0.4, 0.5) is 0 Å². The Labute approximate surface area is 593 Å². The Balaban J connectivity index is 2.78. The van der Waals surface area contributed by atoms with E-state index in [9.17, 15) is 112 Å². The van der Waals surface area contributed by atoms with Crippen LogP contribution in [-0.2, 0) is 86.3 Å². The largest absolute Gasteiger partial charge is 0.481 e. The van der Waals surface area contributed by atoms with Gasteiger partial charge in [0.2, 0.25) is 82.7 Å². The predicted molar refractivity (Wildman–Crippen MR) is 359 cm³/mol. The molecular weight excluding hydrogens is 1390 g/mol. The summed E-state index contributed by atoms with van der Waals surface area (Å²) in [5.41, 5.74) is 32.5. The number of amides is 14. The van der Waals surface area contributed by atoms with E-state index in [1.165, 1.54) is 0 Å². The van der Waals surface area contributed by atoms with Crippen molar-refractivity contribution in [3.05, 3.63) is 0 Å². The zero-order chi connectivity index (χ0) is 78.5. The van der Waals surface area contributed by atoms with Crippen molar-refractivity contribution in [3.63, 3.8) is 0 Å². The average Bonchev–Trinajstić information content (AvgIpc) is 1.63. The van der Waals surface area contributed by atoms with Crippen molar-refractivity contribution in [3.8, 4) is 0 Å². The number of hydrogen-bond acceptors (Lipinski definition) is 22. The minimum Gasteiger partial charge on any atom is -0.481 e. The molecule has 2 rings (SSSR count). The van der Waals surface area contributed by atoms with Gasteiger partial charge >= 0.3 is 23.9 Å². The van der Waals surface area contributed by atoms with Crippen LogP contribution in [0.2, 0.25) is 0 Å². The molecule has 104 heavy (non-hydrogen) atoms. The smallest absolute Gasteiger partial charge is 0.305 e. The van der Waals surface area contributed by atoms with Crippen molar-refractivity contribution >= 4 is 124 Å². The third kappa shape index (κ3) is 34.5. The number of nitrogens with two attached hydrogens (primary N) is 6. The first kappa shape index (κ1) is 88.3. The van der Waals surface area contributed by atoms with Gasteiger partial charge in [0.05, 0.1) is 51.5 Å². The highest BCUT2D eigenvalue weighted by Gasteiger charge is 2.41. The van der Waals surface area contributed by atoms with E-state index in [2.05, 4.69) is 84.1 Å². The maximum atomic E-state index is 14.5. The second-order valence-electron chi connectivity index (χ2n) is 24.2. The molecule has 11 atom stereocenters. The highest BCUT2D eigenvalue weighted by Crippen LogP contribution is 2.22. The van der Waals surface area contributed by atoms with E-state index in [0.29, 0.717) is 0 Å². The van der Waals surface area contributed by atoms with E-state index in [4.69, 9.17) is 34.4 Å². The van der Waals surface area contributed by atoms with E-state index in [1.54, 1.807) is 13.8 Å². The van der Waals surface area contributed by atoms with E-state index in [-0.39, 0.29) is 102 Å². The van der Waals surface area contributed by atoms with Gasteiger partial charge in [-0.2, -0.15) is 0 Å². The van der Waals surface area contributed by atoms with Gasteiger partial charge in [0, 0.05) is 32.6 Å². The van der Waals surface area contributed by atoms with E-state index in [1.807, 2.05) is 0 Å². The third-order valence-corrected chi connectivity index (χ3v) is 15.0. The van der Waals surface area contributed by atoms with Crippen LogP contribution in [0.25, 0.3) is 0 Å². The number of carboxylic acid groups (broad SMARTS) is 4. The van der Waals surface area contributed by atoms with Gasteiger partial charge in [0.15, 0.2) is 17.9 Å². The lowest BCUT2D eigenvalue weighted by atomic mass is 10.0. The number of aliphatic imine (C=N–C) groups is 3. The van der Waals surface area contributed by atoms with Crippen molar-refractivity contribution in [1.82, 2.24) is 74.0 Å². The SMILES string of the molecule is CC(C)C[C@@H]1NC(=O)[C@H](CC(=O)O)NC(=O)CNC(=O)[C@H](CCCN=C(N)N)NC(=O)[C@H](CC(=O)O)NC(=O)CNC(=O)[C@H](CCCN=C(N)N)NC(=O)[C@H](CC(=O)O)NC(=O)CNC(=O)[C@H](CCCN=C(N)N)NC(=O)CNC(=O)[C@H]([C@@H](C)O)NC(=O)[C@H](CCC(=O)O)NC(=O)[C@@H]2CCCN2C1=O. The standard InChI is InChI=1S/C58H95N23O23/c1-26(2)18-35-55(104)81-17-7-11-36(81)53(102)78-31(12-13-41(87)88)49(98)80-45(27(3)82)54(103)71-25-37(83)72-28(8-4-14-65-56(59)60)46(95)68-22-38(84)73-32(19-42(89)90)50(99)76-29(9-5-15-66-57(61)62)47(96)69-23-39(85)74-33(20-43(91)92)51(100)77-30(10-6-16-67-58(63)64)48(97)70-24-40(86)75-34(21-44(93)94)52(101)79-35/h26-36,45,82H,4-25H2,1-3H3,(H,68,95)(H,69,96)(H,70,97)(H,71,103)(H,72,83)(H,73,84)(H,74,85)(H,75,86)(H,76,99)(H,77,100)(H,78,102)(H,79,101)(H,80,98)(H,87,88)(H,89,90)(H,91,92)(H,93,94)(H4,59,60,65)(H4,61,62,66)(H4,63,64,67)/t27-,28+,29+,30+,31+,32+,33+,34+,35+,36+,45+/m1/s1. The van der Waals surface area contributed by atoms with Crippen molar-refractivity contribution in [1.29, 1.82) is 0 Å². The Morgan fingerprint density at radius 3 is 1.07 bits per heavy atom. The van der Waals surface area contributed by atoms with Crippen LogP contribution < -0.4 is 104 Å². The first-order valence-electron chi connectivity index (χ1n) is 32.6. The highest BCUT2D eigenvalue weighted by atomic mass is 16.4. The number of rotatable bonds is 24. The molecule has 0 saturated carbocycles. The Morgan fingerprint density at radius 2 is 0.731 bits per heavy atom. The van der Waals surface area contributed by atoms with Crippen molar-refractivity contribution in [2.75, 3.05) is 52.4 Å². The first-order valence-corrected chi connectivity index (χ1v) is 32.6. The van der Waals surface area contributed by atoms with Gasteiger partial charge in [0.1, 0.15) is 60.4 Å². The summed E-state index contributed by atoms with van der Waals surface area (Å²) < 4.78 is 0. The number of aliphatic hydroxyl groups is 1. The topological polar surface area (TPSA) is 761 Å². The van der Waals surface area contributed by atoms with Crippen LogP contribution in [0, 0.1) is 5.92 Å². The Morgan fingerprint density at radius 1 is 0.413 bits per heavy atom. The molecule has 2 heterocycles. The second kappa shape index (κ2) is 45.2. The summed E-state index contributed by atoms with van der Waals surface area (Å²) in [6, 6.07) is -17.8. The molecule has 0 bridgehead atoms. The molecule has 2 fully saturated rings. The predicted octanol–water partition coefficient (Wildman–Crippen LogP) is -12.3. The zero-order valence-corrected chi connectivity index (χ0v) is 57.3. The molecule has 46 heteroatoms. The normalized spacial score (nSPS) is 23.8. The maximum Gasteiger partial charge on any atom is 0.305 e. The van der Waals surface area contributed by atoms with Gasteiger partial charge in [0.25, 0.3) is 0 Å². The van der Waals surface area contributed by atoms with Gasteiger partial charge in [-0.15, -0.1) is 0 Å². The third-order valence-electron chi connectivity index (χ3n) is 15.0. The monoisotopic (exact) mass is 1480 g/mol. The molecule has 14 amide bonds. The summed E-state index contributed by atoms with van der Waals surface area (Å²) in [4.78, 5) is 253. The second-order valence-corrected chi connectivity index (χ2v) is 24.2. The van der Waals surface area contributed by atoms with Gasteiger partial charge < -0.3 is 134 Å². The summed E-state index contributed by atoms with van der Waals surface area (Å²) in [5, 5.41) is 78.5. The lowest BCUT2D eigenvalue weighted by Gasteiger charge is -2.31. The lowest BCUT2D eigenvalue weighted by molar-refractivity contribution is -0.144. The Bertz CT molecular complexity index is 3210. The number of carbonyl (C=O) groups excluding carboxylic acids is 14. The Hall–Kier alpha value is -11.8. The molecule has 0 unspecified atom stereocenters. The molecule has 0 aromatic carbocycles. The van der Waals surface area contributed by atoms with Gasteiger partial charge in [-0.1, -0.05) is 13.8 Å². The van der Waals surface area contributed by atoms with Crippen molar-refractivity contribution in [2.24, 2.45) is 55.3 Å².